The van der Waals surface area contributed by atoms with E-state index in [9.17, 15) is 9.59 Å². The molecule has 2 aliphatic heterocycles. The lowest BCUT2D eigenvalue weighted by atomic mass is 9.77. The van der Waals surface area contributed by atoms with Crippen LogP contribution < -0.4 is 4.90 Å². The van der Waals surface area contributed by atoms with Crippen molar-refractivity contribution < 1.29 is 14.3 Å². The van der Waals surface area contributed by atoms with Gasteiger partial charge in [0.1, 0.15) is 11.9 Å². The minimum absolute atomic E-state index is 0.0725. The van der Waals surface area contributed by atoms with Crippen LogP contribution in [0.3, 0.4) is 0 Å². The smallest absolute Gasteiger partial charge is 0.295 e. The van der Waals surface area contributed by atoms with Crippen LogP contribution >= 0.6 is 0 Å². The number of aryl methyl sites for hydroxylation is 1. The van der Waals surface area contributed by atoms with Gasteiger partial charge in [-0.3, -0.25) is 14.5 Å². The van der Waals surface area contributed by atoms with Gasteiger partial charge in [0.2, 0.25) is 0 Å². The molecule has 1 aromatic carbocycles. The molecule has 0 spiro atoms. The summed E-state index contributed by atoms with van der Waals surface area (Å²) in [6, 6.07) is 13.0. The van der Waals surface area contributed by atoms with E-state index in [1.54, 1.807) is 17.2 Å². The van der Waals surface area contributed by atoms with Gasteiger partial charge in [-0.1, -0.05) is 42.3 Å². The van der Waals surface area contributed by atoms with Gasteiger partial charge in [-0.05, 0) is 43.9 Å². The summed E-state index contributed by atoms with van der Waals surface area (Å²) in [5.41, 5.74) is 2.54. The van der Waals surface area contributed by atoms with Crippen molar-refractivity contribution in [1.82, 2.24) is 4.98 Å². The first kappa shape index (κ1) is 17.2. The van der Waals surface area contributed by atoms with Crippen molar-refractivity contribution >= 4 is 17.5 Å². The van der Waals surface area contributed by atoms with E-state index in [2.05, 4.69) is 4.98 Å². The Kier molecular flexibility index (Phi) is 4.04. The second-order valence-corrected chi connectivity index (χ2v) is 7.83. The van der Waals surface area contributed by atoms with Gasteiger partial charge in [0, 0.05) is 6.20 Å². The number of aromatic nitrogens is 1. The molecule has 0 saturated heterocycles. The number of pyridine rings is 1. The number of ketones is 1. The van der Waals surface area contributed by atoms with Crippen LogP contribution in [0.15, 0.2) is 60.0 Å². The van der Waals surface area contributed by atoms with Crippen molar-refractivity contribution in [2.24, 2.45) is 5.92 Å². The van der Waals surface area contributed by atoms with Crippen LogP contribution in [-0.4, -0.2) is 22.8 Å². The Bertz CT molecular complexity index is 965. The maximum Gasteiger partial charge on any atom is 0.295 e. The quantitative estimate of drug-likeness (QED) is 0.800. The first-order valence-electron chi connectivity index (χ1n) is 9.91. The van der Waals surface area contributed by atoms with Crippen LogP contribution in [0.4, 0.5) is 5.82 Å². The lowest BCUT2D eigenvalue weighted by Crippen LogP contribution is -2.39. The molecule has 0 radical (unpaired) electrons. The number of carbonyl (C=O) groups excluding carboxylic acids is 2. The zero-order valence-electron chi connectivity index (χ0n) is 15.8. The number of rotatable bonds is 2. The van der Waals surface area contributed by atoms with E-state index < -0.39 is 6.04 Å². The Labute approximate surface area is 164 Å². The number of hydrogen-bond donors (Lipinski definition) is 0. The van der Waals surface area contributed by atoms with Crippen LogP contribution in [0, 0.1) is 12.8 Å². The van der Waals surface area contributed by atoms with Crippen LogP contribution in [0.2, 0.25) is 0 Å². The zero-order chi connectivity index (χ0) is 19.3. The lowest BCUT2D eigenvalue weighted by Gasteiger charge is -2.35. The number of carbonyl (C=O) groups is 2. The van der Waals surface area contributed by atoms with Gasteiger partial charge in [-0.25, -0.2) is 4.98 Å². The fourth-order valence-corrected chi connectivity index (χ4v) is 4.64. The molecule has 3 atom stereocenters. The summed E-state index contributed by atoms with van der Waals surface area (Å²) in [6.45, 7) is 2.02. The van der Waals surface area contributed by atoms with Crippen molar-refractivity contribution in [3.63, 3.8) is 0 Å². The number of amides is 1. The number of nitrogens with zero attached hydrogens (tertiary/aromatic N) is 2. The van der Waals surface area contributed by atoms with Crippen molar-refractivity contribution in [2.75, 3.05) is 4.90 Å². The predicted octanol–water partition coefficient (Wildman–Crippen LogP) is 3.89. The van der Waals surface area contributed by atoms with Crippen molar-refractivity contribution in [3.05, 3.63) is 71.1 Å². The average Bonchev–Trinajstić information content (AvgIpc) is 3.02. The molecule has 0 N–H and O–H groups in total. The molecule has 5 rings (SSSR count). The van der Waals surface area contributed by atoms with Gasteiger partial charge in [0.15, 0.2) is 11.5 Å². The molecule has 3 aliphatic rings. The summed E-state index contributed by atoms with van der Waals surface area (Å²) in [4.78, 5) is 32.8. The van der Waals surface area contributed by atoms with Crippen molar-refractivity contribution in [1.29, 1.82) is 0 Å². The molecule has 1 amide bonds. The maximum atomic E-state index is 13.5. The second kappa shape index (κ2) is 6.59. The van der Waals surface area contributed by atoms with E-state index in [1.807, 2.05) is 43.3 Å². The molecule has 1 saturated carbocycles. The summed E-state index contributed by atoms with van der Waals surface area (Å²) in [7, 11) is 0. The summed E-state index contributed by atoms with van der Waals surface area (Å²) >= 11 is 0. The first-order valence-corrected chi connectivity index (χ1v) is 9.91. The van der Waals surface area contributed by atoms with Gasteiger partial charge in [-0.15, -0.1) is 0 Å². The Morgan fingerprint density at radius 3 is 2.57 bits per heavy atom. The van der Waals surface area contributed by atoms with E-state index in [-0.39, 0.29) is 29.5 Å². The Balaban J connectivity index is 1.66. The molecular formula is C23H22N2O3. The molecule has 0 bridgehead atoms. The average molecular weight is 374 g/mol. The molecule has 2 aromatic rings. The highest BCUT2D eigenvalue weighted by atomic mass is 16.5. The Hall–Kier alpha value is -2.95. The number of benzene rings is 1. The van der Waals surface area contributed by atoms with E-state index in [1.165, 1.54) is 0 Å². The van der Waals surface area contributed by atoms with Gasteiger partial charge >= 0.3 is 0 Å². The molecule has 3 unspecified atom stereocenters. The monoisotopic (exact) mass is 374 g/mol. The highest BCUT2D eigenvalue weighted by Crippen LogP contribution is 2.47. The number of anilines is 1. The molecule has 1 aliphatic carbocycles. The fraction of sp³-hybridized carbons (Fsp3) is 0.348. The normalized spacial score (nSPS) is 26.8. The molecule has 5 heteroatoms. The van der Waals surface area contributed by atoms with Crippen LogP contribution in [0.25, 0.3) is 0 Å². The highest BCUT2D eigenvalue weighted by Gasteiger charge is 2.52. The summed E-state index contributed by atoms with van der Waals surface area (Å²) in [5, 5.41) is 0. The van der Waals surface area contributed by atoms with Crippen LogP contribution in [0.5, 0.6) is 0 Å². The summed E-state index contributed by atoms with van der Waals surface area (Å²) in [5.74, 6) is 0.424. The van der Waals surface area contributed by atoms with Gasteiger partial charge in [-0.2, -0.15) is 0 Å². The van der Waals surface area contributed by atoms with Gasteiger partial charge < -0.3 is 4.74 Å². The van der Waals surface area contributed by atoms with Crippen LogP contribution in [-0.2, 0) is 14.3 Å². The topological polar surface area (TPSA) is 59.5 Å². The largest absolute Gasteiger partial charge is 0.483 e. The number of hydrogen-bond acceptors (Lipinski definition) is 4. The third kappa shape index (κ3) is 2.57. The number of ether oxygens (including phenoxy) is 1. The first-order chi connectivity index (χ1) is 13.6. The third-order valence-electron chi connectivity index (χ3n) is 6.05. The van der Waals surface area contributed by atoms with E-state index in [4.69, 9.17) is 4.74 Å². The molecule has 5 nitrogen and oxygen atoms in total. The number of Topliss-reactive ketones (excluding diaryl/α,β-unsaturated/α-hetero) is 1. The fourth-order valence-electron chi connectivity index (χ4n) is 4.64. The second-order valence-electron chi connectivity index (χ2n) is 7.83. The van der Waals surface area contributed by atoms with Gasteiger partial charge in [0.25, 0.3) is 5.91 Å². The van der Waals surface area contributed by atoms with Crippen LogP contribution in [0.1, 0.15) is 42.9 Å². The van der Waals surface area contributed by atoms with E-state index >= 15 is 0 Å². The third-order valence-corrected chi connectivity index (χ3v) is 6.05. The van der Waals surface area contributed by atoms with Crippen molar-refractivity contribution in [2.45, 2.75) is 44.8 Å². The maximum absolute atomic E-state index is 13.5. The van der Waals surface area contributed by atoms with E-state index in [0.717, 1.165) is 36.8 Å². The molecule has 142 valence electrons. The zero-order valence-corrected chi connectivity index (χ0v) is 15.8. The van der Waals surface area contributed by atoms with Crippen molar-refractivity contribution in [3.8, 4) is 0 Å². The SMILES string of the molecule is Cc1ccc(C2C3=C(OC4CCCCC4C3=O)C(=O)N2c2ccccn2)cc1. The standard InChI is InChI=1S/C23H22N2O3/c1-14-9-11-15(12-10-14)20-19-21(26)16-6-2-3-7-17(16)28-22(19)23(27)25(20)18-8-4-5-13-24-18/h4-5,8-13,16-17,20H,2-3,6-7H2,1H3. The molecule has 28 heavy (non-hydrogen) atoms. The van der Waals surface area contributed by atoms with Gasteiger partial charge in [0.05, 0.1) is 17.5 Å². The van der Waals surface area contributed by atoms with E-state index in [0.29, 0.717) is 11.4 Å². The molecule has 1 aromatic heterocycles. The minimum Gasteiger partial charge on any atom is -0.483 e. The summed E-state index contributed by atoms with van der Waals surface area (Å²) < 4.78 is 6.16. The Morgan fingerprint density at radius 2 is 1.82 bits per heavy atom. The summed E-state index contributed by atoms with van der Waals surface area (Å²) in [6.07, 6.45) is 5.22. The molecule has 3 heterocycles. The number of fused-ring (bicyclic) bond motifs is 1. The lowest BCUT2D eigenvalue weighted by molar-refractivity contribution is -0.131. The predicted molar refractivity (Wildman–Crippen MR) is 105 cm³/mol. The molecular weight excluding hydrogens is 352 g/mol. The minimum atomic E-state index is -0.492. The highest BCUT2D eigenvalue weighted by molar-refractivity contribution is 6.17. The Morgan fingerprint density at radius 1 is 1.04 bits per heavy atom. The molecule has 1 fully saturated rings.